The molecule has 1 aliphatic rings. The largest absolute Gasteiger partial charge is 0.307 e. The lowest BCUT2D eigenvalue weighted by molar-refractivity contribution is 0.0975. The number of benzene rings is 1. The Morgan fingerprint density at radius 1 is 1.32 bits per heavy atom. The Hall–Kier alpha value is -2.01. The fourth-order valence-electron chi connectivity index (χ4n) is 2.26. The maximum Gasteiger partial charge on any atom is 0.269 e. The molecular formula is C14H12N2O2S. The van der Waals surface area contributed by atoms with Gasteiger partial charge in [-0.15, -0.1) is 11.3 Å². The number of fused-ring (bicyclic) bond motifs is 1. The van der Waals surface area contributed by atoms with E-state index in [-0.39, 0.29) is 11.7 Å². The number of para-hydroxylation sites is 1. The monoisotopic (exact) mass is 272 g/mol. The quantitative estimate of drug-likeness (QED) is 0.802. The van der Waals surface area contributed by atoms with Crippen LogP contribution < -0.4 is 4.90 Å². The van der Waals surface area contributed by atoms with Gasteiger partial charge in [0.05, 0.1) is 17.4 Å². The van der Waals surface area contributed by atoms with Crippen molar-refractivity contribution >= 4 is 28.7 Å². The van der Waals surface area contributed by atoms with Gasteiger partial charge in [-0.25, -0.2) is 0 Å². The molecular weight excluding hydrogens is 260 g/mol. The minimum Gasteiger partial charge on any atom is -0.307 e. The molecule has 5 heteroatoms. The van der Waals surface area contributed by atoms with Gasteiger partial charge in [0.15, 0.2) is 5.78 Å². The highest BCUT2D eigenvalue weighted by Crippen LogP contribution is 2.28. The summed E-state index contributed by atoms with van der Waals surface area (Å²) in [5.41, 5.74) is 2.99. The molecule has 1 aromatic carbocycles. The van der Waals surface area contributed by atoms with Gasteiger partial charge in [-0.3, -0.25) is 14.6 Å². The molecule has 0 saturated carbocycles. The zero-order chi connectivity index (χ0) is 13.2. The van der Waals surface area contributed by atoms with Gasteiger partial charge in [0.2, 0.25) is 0 Å². The fraction of sp³-hybridized carbons (Fsp3) is 0.214. The molecule has 1 aromatic heterocycles. The molecule has 0 saturated heterocycles. The van der Waals surface area contributed by atoms with Crippen molar-refractivity contribution < 1.29 is 9.59 Å². The van der Waals surface area contributed by atoms with Gasteiger partial charge in [0.25, 0.3) is 5.91 Å². The van der Waals surface area contributed by atoms with E-state index in [2.05, 4.69) is 4.98 Å². The van der Waals surface area contributed by atoms with Crippen LogP contribution in [0, 0.1) is 0 Å². The third-order valence-corrected chi connectivity index (χ3v) is 3.93. The number of nitrogens with zero attached hydrogens (tertiary/aromatic N) is 2. The highest BCUT2D eigenvalue weighted by molar-refractivity contribution is 7.11. The van der Waals surface area contributed by atoms with Crippen molar-refractivity contribution in [3.8, 4) is 0 Å². The van der Waals surface area contributed by atoms with Gasteiger partial charge < -0.3 is 4.90 Å². The molecule has 2 heterocycles. The number of thiazole rings is 1. The number of ketones is 1. The Balaban J connectivity index is 2.04. The zero-order valence-corrected chi connectivity index (χ0v) is 11.0. The normalized spacial score (nSPS) is 14.9. The average molecular weight is 272 g/mol. The number of anilines is 1. The van der Waals surface area contributed by atoms with E-state index in [1.807, 2.05) is 18.2 Å². The van der Waals surface area contributed by atoms with Crippen molar-refractivity contribution in [3.05, 3.63) is 46.4 Å². The summed E-state index contributed by atoms with van der Waals surface area (Å²) in [5, 5.41) is 0. The van der Waals surface area contributed by atoms with Gasteiger partial charge in [-0.1, -0.05) is 12.1 Å². The third kappa shape index (κ3) is 2.17. The first-order valence-corrected chi connectivity index (χ1v) is 6.98. The number of rotatable bonds is 1. The molecule has 0 unspecified atom stereocenters. The lowest BCUT2D eigenvalue weighted by atomic mass is 10.1. The number of carbonyl (C=O) groups excluding carboxylic acids is 2. The Morgan fingerprint density at radius 3 is 2.95 bits per heavy atom. The lowest BCUT2D eigenvalue weighted by Crippen LogP contribution is -2.31. The molecule has 3 rings (SSSR count). The second-order valence-corrected chi connectivity index (χ2v) is 5.25. The number of aromatic nitrogens is 1. The molecule has 1 aliphatic heterocycles. The highest BCUT2D eigenvalue weighted by atomic mass is 32.1. The summed E-state index contributed by atoms with van der Waals surface area (Å²) >= 11 is 1.32. The van der Waals surface area contributed by atoms with E-state index in [1.165, 1.54) is 11.3 Å². The summed E-state index contributed by atoms with van der Waals surface area (Å²) < 4.78 is 0. The van der Waals surface area contributed by atoms with Crippen molar-refractivity contribution in [1.29, 1.82) is 0 Å². The standard InChI is InChI=1S/C14H12N2O2S/c17-12-6-3-7-16(11-5-2-1-4-10(11)12)14(18)13-8-15-9-19-13/h1-2,4-5,8-9H,3,6-7H2. The van der Waals surface area contributed by atoms with Crippen molar-refractivity contribution in [2.45, 2.75) is 12.8 Å². The Bertz CT molecular complexity index is 622. The summed E-state index contributed by atoms with van der Waals surface area (Å²) in [7, 11) is 0. The van der Waals surface area contributed by atoms with Crippen molar-refractivity contribution in [3.63, 3.8) is 0 Å². The number of Topliss-reactive ketones (excluding diaryl/α,β-unsaturated/α-hetero) is 1. The van der Waals surface area contributed by atoms with E-state index in [0.29, 0.717) is 35.5 Å². The molecule has 0 spiro atoms. The third-order valence-electron chi connectivity index (χ3n) is 3.17. The first-order valence-electron chi connectivity index (χ1n) is 6.10. The topological polar surface area (TPSA) is 50.3 Å². The van der Waals surface area contributed by atoms with Gasteiger partial charge in [0, 0.05) is 18.5 Å². The van der Waals surface area contributed by atoms with Crippen LogP contribution >= 0.6 is 11.3 Å². The number of hydrogen-bond acceptors (Lipinski definition) is 4. The van der Waals surface area contributed by atoms with E-state index < -0.39 is 0 Å². The van der Waals surface area contributed by atoms with E-state index in [9.17, 15) is 9.59 Å². The average Bonchev–Trinajstić information content (AvgIpc) is 2.91. The summed E-state index contributed by atoms with van der Waals surface area (Å²) in [5.74, 6) is 0.0276. The summed E-state index contributed by atoms with van der Waals surface area (Å²) in [6, 6.07) is 7.30. The van der Waals surface area contributed by atoms with Gasteiger partial charge in [-0.2, -0.15) is 0 Å². The summed E-state index contributed by atoms with van der Waals surface area (Å²) in [6.07, 6.45) is 2.75. The molecule has 19 heavy (non-hydrogen) atoms. The Labute approximate surface area is 114 Å². The molecule has 0 aliphatic carbocycles. The molecule has 0 N–H and O–H groups in total. The van der Waals surface area contributed by atoms with E-state index in [0.717, 1.165) is 0 Å². The van der Waals surface area contributed by atoms with Crippen LogP contribution in [0.4, 0.5) is 5.69 Å². The lowest BCUT2D eigenvalue weighted by Gasteiger charge is -2.21. The smallest absolute Gasteiger partial charge is 0.269 e. The van der Waals surface area contributed by atoms with E-state index in [4.69, 9.17) is 0 Å². The first-order chi connectivity index (χ1) is 9.27. The van der Waals surface area contributed by atoms with Gasteiger partial charge >= 0.3 is 0 Å². The maximum absolute atomic E-state index is 12.5. The minimum atomic E-state index is -0.0790. The number of carbonyl (C=O) groups is 2. The van der Waals surface area contributed by atoms with Crippen molar-refractivity contribution in [2.75, 3.05) is 11.4 Å². The number of hydrogen-bond donors (Lipinski definition) is 0. The van der Waals surface area contributed by atoms with Gasteiger partial charge in [0.1, 0.15) is 4.88 Å². The maximum atomic E-state index is 12.5. The minimum absolute atomic E-state index is 0.0790. The van der Waals surface area contributed by atoms with Crippen LogP contribution in [0.15, 0.2) is 36.0 Å². The van der Waals surface area contributed by atoms with Crippen molar-refractivity contribution in [2.24, 2.45) is 0 Å². The van der Waals surface area contributed by atoms with Crippen LogP contribution in [0.25, 0.3) is 0 Å². The van der Waals surface area contributed by atoms with Crippen LogP contribution in [-0.2, 0) is 0 Å². The molecule has 0 radical (unpaired) electrons. The van der Waals surface area contributed by atoms with E-state index in [1.54, 1.807) is 22.7 Å². The van der Waals surface area contributed by atoms with Gasteiger partial charge in [-0.05, 0) is 18.6 Å². The number of amides is 1. The molecule has 0 atom stereocenters. The Morgan fingerprint density at radius 2 is 2.16 bits per heavy atom. The van der Waals surface area contributed by atoms with Crippen LogP contribution in [0.3, 0.4) is 0 Å². The molecule has 1 amide bonds. The van der Waals surface area contributed by atoms with Crippen LogP contribution in [0.5, 0.6) is 0 Å². The predicted octanol–water partition coefficient (Wildman–Crippen LogP) is 2.77. The Kier molecular flexibility index (Phi) is 3.13. The van der Waals surface area contributed by atoms with Crippen LogP contribution in [0.1, 0.15) is 32.9 Å². The SMILES string of the molecule is O=C1CCCN(C(=O)c2cncs2)c2ccccc21. The molecule has 2 aromatic rings. The van der Waals surface area contributed by atoms with Crippen LogP contribution in [-0.4, -0.2) is 23.2 Å². The predicted molar refractivity (Wildman–Crippen MR) is 73.8 cm³/mol. The molecule has 4 nitrogen and oxygen atoms in total. The fourth-order valence-corrected chi connectivity index (χ4v) is 2.83. The highest BCUT2D eigenvalue weighted by Gasteiger charge is 2.26. The van der Waals surface area contributed by atoms with E-state index >= 15 is 0 Å². The molecule has 0 bridgehead atoms. The van der Waals surface area contributed by atoms with Crippen molar-refractivity contribution in [1.82, 2.24) is 4.98 Å². The zero-order valence-electron chi connectivity index (χ0n) is 10.2. The summed E-state index contributed by atoms with van der Waals surface area (Å²) in [4.78, 5) is 30.7. The van der Waals surface area contributed by atoms with Crippen LogP contribution in [0.2, 0.25) is 0 Å². The second kappa shape index (κ2) is 4.93. The molecule has 96 valence electrons. The first kappa shape index (κ1) is 12.0. The summed E-state index contributed by atoms with van der Waals surface area (Å²) in [6.45, 7) is 0.569. The molecule has 0 fully saturated rings. The second-order valence-electron chi connectivity index (χ2n) is 4.37.